The van der Waals surface area contributed by atoms with Crippen LogP contribution >= 0.6 is 0 Å². The summed E-state index contributed by atoms with van der Waals surface area (Å²) in [5, 5.41) is 9.02. The Morgan fingerprint density at radius 2 is 1.75 bits per heavy atom. The maximum absolute atomic E-state index is 12.8. The van der Waals surface area contributed by atoms with E-state index in [9.17, 15) is 18.0 Å². The van der Waals surface area contributed by atoms with Gasteiger partial charge in [-0.1, -0.05) is 0 Å². The first-order valence-electron chi connectivity index (χ1n) is 8.59. The Kier molecular flexibility index (Phi) is 5.68. The van der Waals surface area contributed by atoms with Crippen LogP contribution in [0.15, 0.2) is 36.5 Å². The van der Waals surface area contributed by atoms with Gasteiger partial charge in [0.2, 0.25) is 0 Å². The molecule has 28 heavy (non-hydrogen) atoms. The summed E-state index contributed by atoms with van der Waals surface area (Å²) >= 11 is 0. The number of rotatable bonds is 3. The molecule has 146 valence electrons. The third kappa shape index (κ3) is 4.71. The van der Waals surface area contributed by atoms with E-state index in [1.165, 1.54) is 24.3 Å². The summed E-state index contributed by atoms with van der Waals surface area (Å²) in [5.74, 6) is 0.149. The number of hydrogen-bond acceptors (Lipinski definition) is 5. The topological polar surface area (TPSA) is 75.5 Å². The van der Waals surface area contributed by atoms with Gasteiger partial charge in [0, 0.05) is 19.3 Å². The van der Waals surface area contributed by atoms with Gasteiger partial charge in [-0.05, 0) is 49.6 Å². The summed E-state index contributed by atoms with van der Waals surface area (Å²) in [6, 6.07) is 8.19. The van der Waals surface area contributed by atoms with Crippen molar-refractivity contribution in [3.05, 3.63) is 47.8 Å². The number of hydrogen-bond donors (Lipinski definition) is 0. The molecule has 1 fully saturated rings. The molecule has 2 heterocycles. The highest BCUT2D eigenvalue weighted by molar-refractivity contribution is 5.70. The number of carbonyl (C=O) groups is 1. The highest BCUT2D eigenvalue weighted by Gasteiger charge is 2.32. The average Bonchev–Trinajstić information content (AvgIpc) is 2.69. The molecule has 1 aliphatic rings. The molecular formula is C19H16F3N3O3. The van der Waals surface area contributed by atoms with Crippen molar-refractivity contribution in [3.8, 4) is 23.3 Å². The second-order valence-corrected chi connectivity index (χ2v) is 6.17. The monoisotopic (exact) mass is 391 g/mol. The molecule has 1 saturated heterocycles. The molecule has 0 unspecified atom stereocenters. The van der Waals surface area contributed by atoms with Gasteiger partial charge >= 0.3 is 12.3 Å². The van der Waals surface area contributed by atoms with Crippen LogP contribution in [-0.4, -0.2) is 29.1 Å². The van der Waals surface area contributed by atoms with E-state index in [2.05, 4.69) is 4.98 Å². The maximum atomic E-state index is 12.8. The van der Waals surface area contributed by atoms with E-state index in [-0.39, 0.29) is 22.9 Å². The smallest absolute Gasteiger partial charge is 0.418 e. The Morgan fingerprint density at radius 1 is 1.11 bits per heavy atom. The van der Waals surface area contributed by atoms with Gasteiger partial charge < -0.3 is 14.4 Å². The molecule has 0 spiro atoms. The van der Waals surface area contributed by atoms with Gasteiger partial charge in [0.15, 0.2) is 11.4 Å². The Labute approximate surface area is 159 Å². The zero-order valence-electron chi connectivity index (χ0n) is 14.7. The molecule has 0 aliphatic carbocycles. The second kappa shape index (κ2) is 8.17. The SMILES string of the molecule is N#Cc1ncc(C(F)(F)F)cc1Oc1ccc(OC(=O)N2CCCCC2)cc1. The van der Waals surface area contributed by atoms with E-state index >= 15 is 0 Å². The number of alkyl halides is 3. The number of amides is 1. The van der Waals surface area contributed by atoms with E-state index in [1.807, 2.05) is 0 Å². The number of ether oxygens (including phenoxy) is 2. The van der Waals surface area contributed by atoms with Crippen molar-refractivity contribution in [2.24, 2.45) is 0 Å². The third-order valence-electron chi connectivity index (χ3n) is 4.16. The Bertz CT molecular complexity index is 886. The lowest BCUT2D eigenvalue weighted by atomic mass is 10.1. The summed E-state index contributed by atoms with van der Waals surface area (Å²) in [4.78, 5) is 17.2. The molecule has 0 atom stereocenters. The van der Waals surface area contributed by atoms with E-state index in [1.54, 1.807) is 11.0 Å². The van der Waals surface area contributed by atoms with Gasteiger partial charge in [-0.2, -0.15) is 18.4 Å². The molecule has 1 aromatic heterocycles. The standard InChI is InChI=1S/C19H16F3N3O3/c20-19(21,22)13-10-17(16(11-23)24-12-13)27-14-4-6-15(7-5-14)28-18(26)25-8-2-1-3-9-25/h4-7,10,12H,1-3,8-9H2. The molecule has 9 heteroatoms. The highest BCUT2D eigenvalue weighted by atomic mass is 19.4. The van der Waals surface area contributed by atoms with Gasteiger partial charge in [-0.15, -0.1) is 0 Å². The molecule has 3 rings (SSSR count). The molecule has 6 nitrogen and oxygen atoms in total. The Morgan fingerprint density at radius 3 is 2.36 bits per heavy atom. The summed E-state index contributed by atoms with van der Waals surface area (Å²) < 4.78 is 49.2. The minimum Gasteiger partial charge on any atom is -0.454 e. The van der Waals surface area contributed by atoms with Crippen LogP contribution in [0.25, 0.3) is 0 Å². The van der Waals surface area contributed by atoms with Crippen LogP contribution < -0.4 is 9.47 Å². The van der Waals surface area contributed by atoms with Crippen LogP contribution in [-0.2, 0) is 6.18 Å². The van der Waals surface area contributed by atoms with Crippen molar-refractivity contribution in [3.63, 3.8) is 0 Å². The number of nitrogens with zero attached hydrogens (tertiary/aromatic N) is 3. The van der Waals surface area contributed by atoms with Gasteiger partial charge in [-0.3, -0.25) is 0 Å². The largest absolute Gasteiger partial charge is 0.454 e. The predicted molar refractivity (Wildman–Crippen MR) is 91.9 cm³/mol. The van der Waals surface area contributed by atoms with E-state index < -0.39 is 17.8 Å². The first-order valence-corrected chi connectivity index (χ1v) is 8.59. The fourth-order valence-corrected chi connectivity index (χ4v) is 2.71. The number of piperidine rings is 1. The number of halogens is 3. The predicted octanol–water partition coefficient (Wildman–Crippen LogP) is 4.75. The lowest BCUT2D eigenvalue weighted by Crippen LogP contribution is -2.37. The Balaban J connectivity index is 1.70. The van der Waals surface area contributed by atoms with Crippen molar-refractivity contribution in [2.75, 3.05) is 13.1 Å². The molecule has 0 bridgehead atoms. The number of carbonyl (C=O) groups excluding carboxylic acids is 1. The molecular weight excluding hydrogens is 375 g/mol. The van der Waals surface area contributed by atoms with Gasteiger partial charge in [0.1, 0.15) is 17.6 Å². The van der Waals surface area contributed by atoms with Gasteiger partial charge in [-0.25, -0.2) is 9.78 Å². The third-order valence-corrected chi connectivity index (χ3v) is 4.16. The number of benzene rings is 1. The van der Waals surface area contributed by atoms with Crippen LogP contribution in [0.4, 0.5) is 18.0 Å². The minimum atomic E-state index is -4.61. The molecule has 1 aliphatic heterocycles. The van der Waals surface area contributed by atoms with Crippen LogP contribution in [0, 0.1) is 11.3 Å². The normalized spacial score (nSPS) is 14.3. The summed E-state index contributed by atoms with van der Waals surface area (Å²) in [7, 11) is 0. The molecule has 0 radical (unpaired) electrons. The molecule has 0 N–H and O–H groups in total. The van der Waals surface area contributed by atoms with E-state index in [4.69, 9.17) is 14.7 Å². The van der Waals surface area contributed by atoms with Crippen molar-refractivity contribution in [1.29, 1.82) is 5.26 Å². The fraction of sp³-hybridized carbons (Fsp3) is 0.316. The van der Waals surface area contributed by atoms with E-state index in [0.29, 0.717) is 19.3 Å². The first kappa shape index (κ1) is 19.5. The van der Waals surface area contributed by atoms with E-state index in [0.717, 1.165) is 25.3 Å². The highest BCUT2D eigenvalue weighted by Crippen LogP contribution is 2.34. The zero-order chi connectivity index (χ0) is 20.1. The number of nitriles is 1. The van der Waals surface area contributed by atoms with Crippen LogP contribution in [0.3, 0.4) is 0 Å². The van der Waals surface area contributed by atoms with Gasteiger partial charge in [0.25, 0.3) is 0 Å². The summed E-state index contributed by atoms with van der Waals surface area (Å²) in [6.45, 7) is 1.30. The van der Waals surface area contributed by atoms with Crippen molar-refractivity contribution in [2.45, 2.75) is 25.4 Å². The summed E-state index contributed by atoms with van der Waals surface area (Å²) in [6.07, 6.45) is -1.50. The Hall–Kier alpha value is -3.28. The van der Waals surface area contributed by atoms with Gasteiger partial charge in [0.05, 0.1) is 5.56 Å². The van der Waals surface area contributed by atoms with Crippen molar-refractivity contribution < 1.29 is 27.4 Å². The lowest BCUT2D eigenvalue weighted by Gasteiger charge is -2.25. The zero-order valence-corrected chi connectivity index (χ0v) is 14.7. The van der Waals surface area contributed by atoms with Crippen LogP contribution in [0.1, 0.15) is 30.5 Å². The lowest BCUT2D eigenvalue weighted by molar-refractivity contribution is -0.137. The molecule has 1 aromatic carbocycles. The average molecular weight is 391 g/mol. The number of aromatic nitrogens is 1. The quantitative estimate of drug-likeness (QED) is 0.755. The molecule has 0 saturated carbocycles. The van der Waals surface area contributed by atoms with Crippen LogP contribution in [0.5, 0.6) is 17.2 Å². The first-order chi connectivity index (χ1) is 13.4. The van der Waals surface area contributed by atoms with Crippen molar-refractivity contribution >= 4 is 6.09 Å². The molecule has 1 amide bonds. The number of pyridine rings is 1. The minimum absolute atomic E-state index is 0.176. The summed E-state index contributed by atoms with van der Waals surface area (Å²) in [5.41, 5.74) is -1.29. The fourth-order valence-electron chi connectivity index (χ4n) is 2.71. The van der Waals surface area contributed by atoms with Crippen LogP contribution in [0.2, 0.25) is 0 Å². The number of likely N-dealkylation sites (tertiary alicyclic amines) is 1. The maximum Gasteiger partial charge on any atom is 0.418 e. The molecule has 2 aromatic rings. The van der Waals surface area contributed by atoms with Crippen molar-refractivity contribution in [1.82, 2.24) is 9.88 Å². The second-order valence-electron chi connectivity index (χ2n) is 6.17.